The molecule has 1 aromatic rings. The number of aliphatic hydroxyl groups is 2. The third-order valence-electron chi connectivity index (χ3n) is 2.65. The predicted molar refractivity (Wildman–Crippen MR) is 55.6 cm³/mol. The molecule has 0 saturated carbocycles. The molecule has 2 rings (SSSR count). The third-order valence-corrected chi connectivity index (χ3v) is 2.65. The molecule has 0 aliphatic carbocycles. The van der Waals surface area contributed by atoms with Crippen LogP contribution in [-0.2, 0) is 6.42 Å². The number of rotatable bonds is 2. The van der Waals surface area contributed by atoms with Crippen molar-refractivity contribution in [2.75, 3.05) is 18.0 Å². The highest BCUT2D eigenvalue weighted by atomic mass is 16.3. The van der Waals surface area contributed by atoms with Gasteiger partial charge in [-0.3, -0.25) is 0 Å². The van der Waals surface area contributed by atoms with Gasteiger partial charge in [0.2, 0.25) is 0 Å². The van der Waals surface area contributed by atoms with Gasteiger partial charge >= 0.3 is 0 Å². The van der Waals surface area contributed by atoms with E-state index in [-0.39, 0.29) is 0 Å². The summed E-state index contributed by atoms with van der Waals surface area (Å²) >= 11 is 0. The molecule has 1 fully saturated rings. The van der Waals surface area contributed by atoms with Crippen LogP contribution >= 0.6 is 0 Å². The average Bonchev–Trinajstić information content (AvgIpc) is 2.59. The van der Waals surface area contributed by atoms with Gasteiger partial charge in [-0.2, -0.15) is 0 Å². The van der Waals surface area contributed by atoms with E-state index in [0.717, 1.165) is 17.9 Å². The maximum Gasteiger partial charge on any atom is 0.132 e. The number of β-amino-alcohol motifs (C(OH)–C–C–N with tert-alkyl or cyclic N) is 2. The zero-order valence-electron chi connectivity index (χ0n) is 8.67. The van der Waals surface area contributed by atoms with Crippen molar-refractivity contribution in [3.8, 4) is 0 Å². The Hall–Kier alpha value is -1.20. The van der Waals surface area contributed by atoms with Crippen LogP contribution in [-0.4, -0.2) is 45.5 Å². The van der Waals surface area contributed by atoms with E-state index in [2.05, 4.69) is 9.97 Å². The molecule has 1 aliphatic heterocycles. The fraction of sp³-hybridized carbons (Fsp3) is 0.600. The van der Waals surface area contributed by atoms with Crippen LogP contribution in [0.15, 0.2) is 12.4 Å². The molecule has 1 aliphatic rings. The molecule has 5 heteroatoms. The van der Waals surface area contributed by atoms with E-state index in [0.29, 0.717) is 13.1 Å². The summed E-state index contributed by atoms with van der Waals surface area (Å²) in [6, 6.07) is 1.89. The number of aryl methyl sites for hydroxylation is 1. The maximum atomic E-state index is 9.42. The summed E-state index contributed by atoms with van der Waals surface area (Å²) in [4.78, 5) is 10.1. The van der Waals surface area contributed by atoms with Crippen molar-refractivity contribution in [3.63, 3.8) is 0 Å². The average molecular weight is 209 g/mol. The first-order chi connectivity index (χ1) is 7.20. The minimum absolute atomic E-state index is 0.432. The molecular weight excluding hydrogens is 194 g/mol. The van der Waals surface area contributed by atoms with Crippen LogP contribution < -0.4 is 4.90 Å². The Morgan fingerprint density at radius 3 is 2.60 bits per heavy atom. The molecule has 0 amide bonds. The van der Waals surface area contributed by atoms with Crippen molar-refractivity contribution in [2.24, 2.45) is 0 Å². The molecule has 2 atom stereocenters. The Balaban J connectivity index is 2.16. The van der Waals surface area contributed by atoms with Crippen molar-refractivity contribution in [1.82, 2.24) is 9.97 Å². The van der Waals surface area contributed by atoms with Crippen molar-refractivity contribution < 1.29 is 10.2 Å². The first-order valence-corrected chi connectivity index (χ1v) is 5.12. The highest BCUT2D eigenvalue weighted by Crippen LogP contribution is 2.18. The molecule has 5 nitrogen and oxygen atoms in total. The third kappa shape index (κ3) is 2.08. The lowest BCUT2D eigenvalue weighted by molar-refractivity contribution is 0.0572. The van der Waals surface area contributed by atoms with Gasteiger partial charge in [0.25, 0.3) is 0 Å². The number of aromatic nitrogens is 2. The summed E-state index contributed by atoms with van der Waals surface area (Å²) in [5, 5.41) is 18.8. The summed E-state index contributed by atoms with van der Waals surface area (Å²) in [7, 11) is 0. The quantitative estimate of drug-likeness (QED) is 0.692. The van der Waals surface area contributed by atoms with Crippen LogP contribution in [0.25, 0.3) is 0 Å². The van der Waals surface area contributed by atoms with Crippen molar-refractivity contribution in [2.45, 2.75) is 25.6 Å². The van der Waals surface area contributed by atoms with Crippen LogP contribution in [0.5, 0.6) is 0 Å². The smallest absolute Gasteiger partial charge is 0.132 e. The lowest BCUT2D eigenvalue weighted by Gasteiger charge is -2.16. The number of aliphatic hydroxyl groups excluding tert-OH is 2. The van der Waals surface area contributed by atoms with Crippen molar-refractivity contribution in [3.05, 3.63) is 18.1 Å². The second-order valence-corrected chi connectivity index (χ2v) is 3.76. The highest BCUT2D eigenvalue weighted by molar-refractivity contribution is 5.41. The lowest BCUT2D eigenvalue weighted by Crippen LogP contribution is -2.22. The van der Waals surface area contributed by atoms with Crippen LogP contribution in [0, 0.1) is 0 Å². The molecule has 2 N–H and O–H groups in total. The Kier molecular flexibility index (Phi) is 2.83. The first kappa shape index (κ1) is 10.3. The van der Waals surface area contributed by atoms with Gasteiger partial charge in [0.05, 0.1) is 12.2 Å². The van der Waals surface area contributed by atoms with Gasteiger partial charge in [-0.15, -0.1) is 0 Å². The number of anilines is 1. The van der Waals surface area contributed by atoms with Crippen LogP contribution in [0.3, 0.4) is 0 Å². The van der Waals surface area contributed by atoms with E-state index in [1.807, 2.05) is 17.9 Å². The lowest BCUT2D eigenvalue weighted by atomic mass is 10.3. The Morgan fingerprint density at radius 2 is 2.00 bits per heavy atom. The summed E-state index contributed by atoms with van der Waals surface area (Å²) in [6.45, 7) is 2.89. The molecule has 2 heterocycles. The van der Waals surface area contributed by atoms with E-state index in [9.17, 15) is 10.2 Å². The van der Waals surface area contributed by atoms with Gasteiger partial charge in [-0.1, -0.05) is 6.92 Å². The van der Waals surface area contributed by atoms with E-state index in [1.165, 1.54) is 6.33 Å². The van der Waals surface area contributed by atoms with Crippen LogP contribution in [0.1, 0.15) is 12.6 Å². The molecule has 0 radical (unpaired) electrons. The molecule has 0 bridgehead atoms. The Morgan fingerprint density at radius 1 is 1.33 bits per heavy atom. The molecule has 0 aromatic carbocycles. The van der Waals surface area contributed by atoms with E-state index >= 15 is 0 Å². The van der Waals surface area contributed by atoms with Gasteiger partial charge in [0, 0.05) is 24.8 Å². The SMILES string of the molecule is CCc1cc(N2CC(O)C(O)C2)ncn1. The van der Waals surface area contributed by atoms with E-state index in [1.54, 1.807) is 0 Å². The molecule has 82 valence electrons. The monoisotopic (exact) mass is 209 g/mol. The molecular formula is C10H15N3O2. The Bertz CT molecular complexity index is 335. The number of hydrogen-bond donors (Lipinski definition) is 2. The number of hydrogen-bond acceptors (Lipinski definition) is 5. The standard InChI is InChI=1S/C10H15N3O2/c1-2-7-3-10(12-6-11-7)13-4-8(14)9(15)5-13/h3,6,8-9,14-15H,2,4-5H2,1H3. The van der Waals surface area contributed by atoms with Gasteiger partial charge in [0.15, 0.2) is 0 Å². The predicted octanol–water partition coefficient (Wildman–Crippen LogP) is -0.419. The minimum Gasteiger partial charge on any atom is -0.389 e. The highest BCUT2D eigenvalue weighted by Gasteiger charge is 2.30. The molecule has 2 unspecified atom stereocenters. The zero-order chi connectivity index (χ0) is 10.8. The molecule has 15 heavy (non-hydrogen) atoms. The van der Waals surface area contributed by atoms with Gasteiger partial charge < -0.3 is 15.1 Å². The molecule has 1 aromatic heterocycles. The fourth-order valence-electron chi connectivity index (χ4n) is 1.71. The zero-order valence-corrected chi connectivity index (χ0v) is 8.67. The fourth-order valence-corrected chi connectivity index (χ4v) is 1.71. The largest absolute Gasteiger partial charge is 0.389 e. The van der Waals surface area contributed by atoms with Gasteiger partial charge in [-0.05, 0) is 6.42 Å². The maximum absolute atomic E-state index is 9.42. The molecule has 0 spiro atoms. The topological polar surface area (TPSA) is 69.5 Å². The van der Waals surface area contributed by atoms with E-state index < -0.39 is 12.2 Å². The summed E-state index contributed by atoms with van der Waals surface area (Å²) in [6.07, 6.45) is 1.02. The van der Waals surface area contributed by atoms with Gasteiger partial charge in [-0.25, -0.2) is 9.97 Å². The minimum atomic E-state index is -0.676. The summed E-state index contributed by atoms with van der Waals surface area (Å²) in [5.74, 6) is 0.775. The van der Waals surface area contributed by atoms with Crippen molar-refractivity contribution in [1.29, 1.82) is 0 Å². The second kappa shape index (κ2) is 4.12. The molecule has 1 saturated heterocycles. The second-order valence-electron chi connectivity index (χ2n) is 3.76. The Labute approximate surface area is 88.4 Å². The summed E-state index contributed by atoms with van der Waals surface area (Å²) in [5.41, 5.74) is 0.968. The normalized spacial score (nSPS) is 25.9. The van der Waals surface area contributed by atoms with Crippen LogP contribution in [0.2, 0.25) is 0 Å². The van der Waals surface area contributed by atoms with E-state index in [4.69, 9.17) is 0 Å². The van der Waals surface area contributed by atoms with Crippen LogP contribution in [0.4, 0.5) is 5.82 Å². The van der Waals surface area contributed by atoms with Gasteiger partial charge in [0.1, 0.15) is 12.1 Å². The van der Waals surface area contributed by atoms with Crippen molar-refractivity contribution >= 4 is 5.82 Å². The number of nitrogens with zero attached hydrogens (tertiary/aromatic N) is 3. The first-order valence-electron chi connectivity index (χ1n) is 5.12. The summed E-state index contributed by atoms with van der Waals surface area (Å²) < 4.78 is 0.